The molecule has 0 unspecified atom stereocenters. The van der Waals surface area contributed by atoms with E-state index in [-0.39, 0.29) is 0 Å². The third-order valence-electron chi connectivity index (χ3n) is 0.981. The Bertz CT molecular complexity index is 95.9. The molecule has 0 saturated heterocycles. The lowest BCUT2D eigenvalue weighted by atomic mass is 11.2. The highest BCUT2D eigenvalue weighted by atomic mass is 28.4. The molecule has 0 heterocycles. The Hall–Kier alpha value is -0.603. The zero-order chi connectivity index (χ0) is 6.62. The molecule has 0 radical (unpaired) electrons. The van der Waals surface area contributed by atoms with Crippen LogP contribution >= 0.6 is 0 Å². The van der Waals surface area contributed by atoms with E-state index in [1.807, 2.05) is 0 Å². The summed E-state index contributed by atoms with van der Waals surface area (Å²) < 4.78 is 0. The lowest BCUT2D eigenvalue weighted by molar-refractivity contribution is 0.580. The Kier molecular flexibility index (Phi) is 2.44. The molecule has 1 nitrogen and oxygen atoms in total. The maximum absolute atomic E-state index is 9.22. The highest BCUT2D eigenvalue weighted by molar-refractivity contribution is 6.86. The third-order valence-corrected chi connectivity index (χ3v) is 2.94. The molecule has 0 atom stereocenters. The van der Waals surface area contributed by atoms with Crippen molar-refractivity contribution in [2.24, 2.45) is 0 Å². The maximum Gasteiger partial charge on any atom is 0.261 e. The van der Waals surface area contributed by atoms with E-state index in [1.54, 1.807) is 0 Å². The van der Waals surface area contributed by atoms with Crippen LogP contribution in [-0.4, -0.2) is 13.1 Å². The first kappa shape index (κ1) is 7.40. The van der Waals surface area contributed by atoms with Crippen molar-refractivity contribution in [3.05, 3.63) is 36.8 Å². The fourth-order valence-electron chi connectivity index (χ4n) is 0.250. The minimum Gasteiger partial charge on any atom is -0.422 e. The second-order valence-corrected chi connectivity index (χ2v) is 4.50. The van der Waals surface area contributed by atoms with Gasteiger partial charge in [0.1, 0.15) is 0 Å². The first-order valence-electron chi connectivity index (χ1n) is 2.31. The van der Waals surface area contributed by atoms with Crippen LogP contribution in [0.4, 0.5) is 0 Å². The van der Waals surface area contributed by atoms with E-state index in [2.05, 4.69) is 19.7 Å². The predicted molar refractivity (Wildman–Crippen MR) is 38.6 cm³/mol. The Morgan fingerprint density at radius 3 is 1.25 bits per heavy atom. The van der Waals surface area contributed by atoms with Gasteiger partial charge in [0.2, 0.25) is 0 Å². The van der Waals surface area contributed by atoms with Crippen molar-refractivity contribution in [1.29, 1.82) is 0 Å². The van der Waals surface area contributed by atoms with Gasteiger partial charge in [0, 0.05) is 0 Å². The molecule has 0 aliphatic heterocycles. The minimum absolute atomic E-state index is 1.51. The molecule has 0 bridgehead atoms. The van der Waals surface area contributed by atoms with E-state index in [1.165, 1.54) is 17.1 Å². The van der Waals surface area contributed by atoms with Gasteiger partial charge >= 0.3 is 0 Å². The second kappa shape index (κ2) is 2.64. The van der Waals surface area contributed by atoms with E-state index in [0.717, 1.165) is 0 Å². The lowest BCUT2D eigenvalue weighted by Crippen LogP contribution is -2.25. The second-order valence-electron chi connectivity index (χ2n) is 1.50. The molecule has 0 aliphatic rings. The number of hydrogen-bond donors (Lipinski definition) is 1. The molecule has 1 N–H and O–H groups in total. The summed E-state index contributed by atoms with van der Waals surface area (Å²) in [5, 5.41) is 0. The molecule has 0 saturated carbocycles. The van der Waals surface area contributed by atoms with Gasteiger partial charge in [0.15, 0.2) is 0 Å². The van der Waals surface area contributed by atoms with Crippen LogP contribution in [0.2, 0.25) is 0 Å². The van der Waals surface area contributed by atoms with E-state index in [0.29, 0.717) is 0 Å². The Balaban J connectivity index is 4.18. The van der Waals surface area contributed by atoms with Gasteiger partial charge in [0.05, 0.1) is 0 Å². The summed E-state index contributed by atoms with van der Waals surface area (Å²) in [6.07, 6.45) is 0. The smallest absolute Gasteiger partial charge is 0.261 e. The van der Waals surface area contributed by atoms with Crippen LogP contribution in [0.1, 0.15) is 0 Å². The molecule has 0 aliphatic carbocycles. The quantitative estimate of drug-likeness (QED) is 0.561. The van der Waals surface area contributed by atoms with Crippen LogP contribution in [0.15, 0.2) is 36.8 Å². The molecule has 0 fully saturated rings. The summed E-state index contributed by atoms with van der Waals surface area (Å²) >= 11 is 0. The molecule has 0 aromatic carbocycles. The molecule has 0 spiro atoms. The van der Waals surface area contributed by atoms with Crippen molar-refractivity contribution in [3.8, 4) is 0 Å². The van der Waals surface area contributed by atoms with Crippen LogP contribution in [0.25, 0.3) is 0 Å². The molecule has 8 heavy (non-hydrogen) atoms. The average molecular weight is 126 g/mol. The van der Waals surface area contributed by atoms with Crippen molar-refractivity contribution in [2.75, 3.05) is 0 Å². The SMILES string of the molecule is C=C[Si](O)(C=C)C=C. The largest absolute Gasteiger partial charge is 0.422 e. The summed E-state index contributed by atoms with van der Waals surface area (Å²) in [7, 11) is -2.38. The van der Waals surface area contributed by atoms with Crippen molar-refractivity contribution in [1.82, 2.24) is 0 Å². The summed E-state index contributed by atoms with van der Waals surface area (Å²) in [5.74, 6) is 0. The van der Waals surface area contributed by atoms with Gasteiger partial charge in [-0.05, 0) is 0 Å². The molecule has 0 aromatic rings. The van der Waals surface area contributed by atoms with Gasteiger partial charge in [-0.15, -0.1) is 19.7 Å². The van der Waals surface area contributed by atoms with Crippen molar-refractivity contribution >= 4 is 8.32 Å². The molecule has 0 amide bonds. The lowest BCUT2D eigenvalue weighted by Gasteiger charge is -2.07. The Labute approximate surface area is 50.8 Å². The average Bonchev–Trinajstić information content (AvgIpc) is 1.87. The van der Waals surface area contributed by atoms with E-state index < -0.39 is 8.32 Å². The first-order valence-corrected chi connectivity index (χ1v) is 4.49. The summed E-state index contributed by atoms with van der Waals surface area (Å²) in [6.45, 7) is 10.3. The molecule has 44 valence electrons. The summed E-state index contributed by atoms with van der Waals surface area (Å²) in [4.78, 5) is 9.22. The molecule has 2 heteroatoms. The van der Waals surface area contributed by atoms with Gasteiger partial charge in [-0.2, -0.15) is 0 Å². The van der Waals surface area contributed by atoms with Crippen molar-refractivity contribution in [2.45, 2.75) is 0 Å². The van der Waals surface area contributed by atoms with Crippen LogP contribution in [-0.2, 0) is 0 Å². The van der Waals surface area contributed by atoms with E-state index >= 15 is 0 Å². The van der Waals surface area contributed by atoms with Gasteiger partial charge in [-0.1, -0.05) is 17.1 Å². The molecular weight excluding hydrogens is 116 g/mol. The first-order chi connectivity index (χ1) is 3.68. The predicted octanol–water partition coefficient (Wildman–Crippen LogP) is 1.10. The maximum atomic E-state index is 9.22. The van der Waals surface area contributed by atoms with Crippen LogP contribution in [0.5, 0.6) is 0 Å². The zero-order valence-electron chi connectivity index (χ0n) is 4.80. The van der Waals surface area contributed by atoms with E-state index in [9.17, 15) is 4.80 Å². The van der Waals surface area contributed by atoms with Gasteiger partial charge < -0.3 is 4.80 Å². The minimum atomic E-state index is -2.38. The van der Waals surface area contributed by atoms with Gasteiger partial charge in [-0.3, -0.25) is 0 Å². The fraction of sp³-hybridized carbons (Fsp3) is 0. The molecular formula is C6H10OSi. The number of rotatable bonds is 3. The Morgan fingerprint density at radius 2 is 1.25 bits per heavy atom. The van der Waals surface area contributed by atoms with Crippen molar-refractivity contribution in [3.63, 3.8) is 0 Å². The summed E-state index contributed by atoms with van der Waals surface area (Å²) in [5.41, 5.74) is 4.52. The summed E-state index contributed by atoms with van der Waals surface area (Å²) in [6, 6.07) is 0. The fourth-order valence-corrected chi connectivity index (χ4v) is 0.750. The molecule has 0 aromatic heterocycles. The Morgan fingerprint density at radius 1 is 1.00 bits per heavy atom. The standard InChI is InChI=1S/C6H10OSi/c1-4-8(7,5-2)6-3/h4-7H,1-3H2. The third kappa shape index (κ3) is 1.48. The van der Waals surface area contributed by atoms with Crippen LogP contribution < -0.4 is 0 Å². The molecule has 0 rings (SSSR count). The topological polar surface area (TPSA) is 20.2 Å². The van der Waals surface area contributed by atoms with Crippen LogP contribution in [0.3, 0.4) is 0 Å². The monoisotopic (exact) mass is 126 g/mol. The van der Waals surface area contributed by atoms with E-state index in [4.69, 9.17) is 0 Å². The highest BCUT2D eigenvalue weighted by Crippen LogP contribution is 1.99. The number of hydrogen-bond acceptors (Lipinski definition) is 1. The highest BCUT2D eigenvalue weighted by Gasteiger charge is 2.15. The van der Waals surface area contributed by atoms with Crippen LogP contribution in [0, 0.1) is 0 Å². The van der Waals surface area contributed by atoms with Gasteiger partial charge in [0.25, 0.3) is 8.32 Å². The zero-order valence-corrected chi connectivity index (χ0v) is 5.80. The van der Waals surface area contributed by atoms with Gasteiger partial charge in [-0.25, -0.2) is 0 Å². The normalized spacial score (nSPS) is 10.1. The van der Waals surface area contributed by atoms with Crippen molar-refractivity contribution < 1.29 is 4.80 Å².